The number of carbonyl (C=O) groups excluding carboxylic acids is 1. The van der Waals surface area contributed by atoms with Crippen LogP contribution in [0.15, 0.2) is 54.6 Å². The molecular formula is C17H10OS. The van der Waals surface area contributed by atoms with Gasteiger partial charge in [-0.2, -0.15) is 0 Å². The van der Waals surface area contributed by atoms with Gasteiger partial charge in [0.25, 0.3) is 0 Å². The van der Waals surface area contributed by atoms with Crippen molar-refractivity contribution in [3.8, 4) is 0 Å². The van der Waals surface area contributed by atoms with Gasteiger partial charge in [-0.05, 0) is 29.0 Å². The number of rotatable bonds is 1. The predicted octanol–water partition coefficient (Wildman–Crippen LogP) is 5.02. The fourth-order valence-electron chi connectivity index (χ4n) is 2.62. The summed E-state index contributed by atoms with van der Waals surface area (Å²) in [7, 11) is 0. The molecule has 0 aliphatic rings. The van der Waals surface area contributed by atoms with E-state index < -0.39 is 0 Å². The molecule has 0 amide bonds. The Balaban J connectivity index is 2.24. The van der Waals surface area contributed by atoms with Crippen molar-refractivity contribution < 1.29 is 4.79 Å². The highest BCUT2D eigenvalue weighted by Gasteiger charge is 2.07. The first-order valence-corrected chi connectivity index (χ1v) is 6.98. The molecule has 0 aliphatic heterocycles. The fourth-order valence-corrected chi connectivity index (χ4v) is 3.75. The highest BCUT2D eigenvalue weighted by molar-refractivity contribution is 7.25. The number of thiophene rings is 1. The highest BCUT2D eigenvalue weighted by Crippen LogP contribution is 2.36. The maximum Gasteiger partial charge on any atom is 0.150 e. The van der Waals surface area contributed by atoms with Crippen molar-refractivity contribution in [2.45, 2.75) is 0 Å². The van der Waals surface area contributed by atoms with E-state index in [-0.39, 0.29) is 0 Å². The van der Waals surface area contributed by atoms with E-state index in [0.29, 0.717) is 0 Å². The lowest BCUT2D eigenvalue weighted by atomic mass is 10.0. The minimum absolute atomic E-state index is 0.761. The van der Waals surface area contributed by atoms with E-state index in [1.54, 1.807) is 11.3 Å². The summed E-state index contributed by atoms with van der Waals surface area (Å²) < 4.78 is 2.53. The van der Waals surface area contributed by atoms with E-state index in [4.69, 9.17) is 0 Å². The summed E-state index contributed by atoms with van der Waals surface area (Å²) in [4.78, 5) is 11.1. The van der Waals surface area contributed by atoms with Crippen molar-refractivity contribution in [2.24, 2.45) is 0 Å². The normalized spacial score (nSPS) is 11.4. The summed E-state index contributed by atoms with van der Waals surface area (Å²) in [5, 5.41) is 4.73. The zero-order chi connectivity index (χ0) is 12.8. The fraction of sp³-hybridized carbons (Fsp3) is 0. The van der Waals surface area contributed by atoms with Crippen LogP contribution < -0.4 is 0 Å². The van der Waals surface area contributed by atoms with E-state index in [0.717, 1.165) is 22.6 Å². The van der Waals surface area contributed by atoms with Crippen LogP contribution in [0.3, 0.4) is 0 Å². The van der Waals surface area contributed by atoms with Crippen LogP contribution in [0, 0.1) is 0 Å². The molecule has 0 radical (unpaired) electrons. The van der Waals surface area contributed by atoms with Crippen molar-refractivity contribution in [1.29, 1.82) is 0 Å². The topological polar surface area (TPSA) is 17.1 Å². The third kappa shape index (κ3) is 1.50. The van der Waals surface area contributed by atoms with Gasteiger partial charge in [0.1, 0.15) is 0 Å². The molecule has 0 fully saturated rings. The third-order valence-electron chi connectivity index (χ3n) is 3.54. The average Bonchev–Trinajstić information content (AvgIpc) is 2.82. The van der Waals surface area contributed by atoms with E-state index in [1.807, 2.05) is 12.1 Å². The van der Waals surface area contributed by atoms with Gasteiger partial charge in [-0.1, -0.05) is 36.4 Å². The number of benzene rings is 3. The molecule has 0 aliphatic carbocycles. The summed E-state index contributed by atoms with van der Waals surface area (Å²) >= 11 is 1.78. The smallest absolute Gasteiger partial charge is 0.150 e. The zero-order valence-corrected chi connectivity index (χ0v) is 10.9. The maximum atomic E-state index is 11.1. The number of aldehydes is 1. The number of fused-ring (bicyclic) bond motifs is 4. The monoisotopic (exact) mass is 262 g/mol. The quantitative estimate of drug-likeness (QED) is 0.440. The molecule has 4 rings (SSSR count). The van der Waals surface area contributed by atoms with Crippen LogP contribution in [0.5, 0.6) is 0 Å². The first-order chi connectivity index (χ1) is 9.36. The molecule has 0 spiro atoms. The molecule has 3 aromatic carbocycles. The van der Waals surface area contributed by atoms with Gasteiger partial charge >= 0.3 is 0 Å². The van der Waals surface area contributed by atoms with Gasteiger partial charge in [0.15, 0.2) is 6.29 Å². The summed E-state index contributed by atoms with van der Waals surface area (Å²) in [5.41, 5.74) is 0.761. The van der Waals surface area contributed by atoms with Crippen molar-refractivity contribution in [2.75, 3.05) is 0 Å². The van der Waals surface area contributed by atoms with Crippen LogP contribution in [0.2, 0.25) is 0 Å². The van der Waals surface area contributed by atoms with Gasteiger partial charge in [0.05, 0.1) is 0 Å². The van der Waals surface area contributed by atoms with E-state index in [2.05, 4.69) is 42.5 Å². The van der Waals surface area contributed by atoms with Crippen molar-refractivity contribution >= 4 is 48.6 Å². The van der Waals surface area contributed by atoms with Crippen LogP contribution in [0.25, 0.3) is 30.9 Å². The molecule has 0 saturated heterocycles. The predicted molar refractivity (Wildman–Crippen MR) is 82.2 cm³/mol. The Morgan fingerprint density at radius 3 is 2.58 bits per heavy atom. The van der Waals surface area contributed by atoms with Crippen LogP contribution >= 0.6 is 11.3 Å². The minimum atomic E-state index is 0.761. The Morgan fingerprint density at radius 2 is 1.68 bits per heavy atom. The molecule has 4 aromatic rings. The Hall–Kier alpha value is -2.19. The summed E-state index contributed by atoms with van der Waals surface area (Å²) in [6.45, 7) is 0. The Kier molecular flexibility index (Phi) is 2.20. The van der Waals surface area contributed by atoms with Gasteiger partial charge in [-0.3, -0.25) is 4.79 Å². The lowest BCUT2D eigenvalue weighted by Gasteiger charge is -2.01. The SMILES string of the molecule is O=Cc1cccc2cc3c(cc12)sc1ccccc13. The zero-order valence-electron chi connectivity index (χ0n) is 10.1. The van der Waals surface area contributed by atoms with E-state index in [9.17, 15) is 4.79 Å². The van der Waals surface area contributed by atoms with Crippen LogP contribution in [0.4, 0.5) is 0 Å². The lowest BCUT2D eigenvalue weighted by molar-refractivity contribution is 0.112. The largest absolute Gasteiger partial charge is 0.298 e. The summed E-state index contributed by atoms with van der Waals surface area (Å²) in [6, 6.07) is 18.6. The molecular weight excluding hydrogens is 252 g/mol. The van der Waals surface area contributed by atoms with Crippen LogP contribution in [-0.2, 0) is 0 Å². The maximum absolute atomic E-state index is 11.1. The first-order valence-electron chi connectivity index (χ1n) is 6.16. The number of carbonyl (C=O) groups is 1. The molecule has 0 bridgehead atoms. The second kappa shape index (κ2) is 3.90. The minimum Gasteiger partial charge on any atom is -0.298 e. The lowest BCUT2D eigenvalue weighted by Crippen LogP contribution is -1.82. The van der Waals surface area contributed by atoms with Crippen molar-refractivity contribution in [3.63, 3.8) is 0 Å². The van der Waals surface area contributed by atoms with Crippen LogP contribution in [0.1, 0.15) is 10.4 Å². The molecule has 0 N–H and O–H groups in total. The molecule has 2 heteroatoms. The molecule has 1 aromatic heterocycles. The van der Waals surface area contributed by atoms with Gasteiger partial charge in [0.2, 0.25) is 0 Å². The standard InChI is InChI=1S/C17H10OS/c18-10-12-5-3-4-11-8-15-13-6-1-2-7-16(13)19-17(15)9-14(11)12/h1-10H. The summed E-state index contributed by atoms with van der Waals surface area (Å²) in [6.07, 6.45) is 0.932. The third-order valence-corrected chi connectivity index (χ3v) is 4.67. The van der Waals surface area contributed by atoms with Gasteiger partial charge < -0.3 is 0 Å². The van der Waals surface area contributed by atoms with Gasteiger partial charge in [-0.25, -0.2) is 0 Å². The Bertz CT molecular complexity index is 934. The van der Waals surface area contributed by atoms with Gasteiger partial charge in [0, 0.05) is 25.7 Å². The van der Waals surface area contributed by atoms with E-state index >= 15 is 0 Å². The average molecular weight is 262 g/mol. The Morgan fingerprint density at radius 1 is 0.789 bits per heavy atom. The molecule has 90 valence electrons. The number of hydrogen-bond acceptors (Lipinski definition) is 2. The highest BCUT2D eigenvalue weighted by atomic mass is 32.1. The van der Waals surface area contributed by atoms with Crippen LogP contribution in [-0.4, -0.2) is 6.29 Å². The first kappa shape index (κ1) is 10.7. The van der Waals surface area contributed by atoms with Gasteiger partial charge in [-0.15, -0.1) is 11.3 Å². The molecule has 0 unspecified atom stereocenters. The summed E-state index contributed by atoms with van der Waals surface area (Å²) in [5.74, 6) is 0. The van der Waals surface area contributed by atoms with Crippen molar-refractivity contribution in [1.82, 2.24) is 0 Å². The molecule has 1 heterocycles. The van der Waals surface area contributed by atoms with E-state index in [1.165, 1.54) is 20.2 Å². The molecule has 0 atom stereocenters. The molecule has 19 heavy (non-hydrogen) atoms. The Labute approximate surface area is 114 Å². The second-order valence-corrected chi connectivity index (χ2v) is 5.72. The molecule has 1 nitrogen and oxygen atoms in total. The number of hydrogen-bond donors (Lipinski definition) is 0. The second-order valence-electron chi connectivity index (χ2n) is 4.63. The van der Waals surface area contributed by atoms with Crippen molar-refractivity contribution in [3.05, 3.63) is 60.2 Å². The molecule has 0 saturated carbocycles.